The van der Waals surface area contributed by atoms with Crippen molar-refractivity contribution in [1.82, 2.24) is 5.32 Å². The Balaban J connectivity index is 2.68. The van der Waals surface area contributed by atoms with Gasteiger partial charge in [0, 0.05) is 12.1 Å². The number of carboxylic acids is 1. The van der Waals surface area contributed by atoms with E-state index < -0.39 is 11.4 Å². The van der Waals surface area contributed by atoms with Gasteiger partial charge in [-0.15, -0.1) is 0 Å². The van der Waals surface area contributed by atoms with E-state index in [2.05, 4.69) is 5.32 Å². The van der Waals surface area contributed by atoms with Crippen molar-refractivity contribution in [2.75, 3.05) is 0 Å². The van der Waals surface area contributed by atoms with Crippen LogP contribution in [0.2, 0.25) is 0 Å². The molecular formula is C14H21NO3. The second-order valence-electron chi connectivity index (χ2n) is 4.91. The van der Waals surface area contributed by atoms with Crippen LogP contribution in [0.25, 0.3) is 0 Å². The van der Waals surface area contributed by atoms with Gasteiger partial charge in [0.15, 0.2) is 0 Å². The van der Waals surface area contributed by atoms with Crippen LogP contribution in [0.3, 0.4) is 0 Å². The summed E-state index contributed by atoms with van der Waals surface area (Å²) in [5, 5.41) is 12.1. The van der Waals surface area contributed by atoms with Crippen molar-refractivity contribution in [3.63, 3.8) is 0 Å². The Morgan fingerprint density at radius 2 is 2.06 bits per heavy atom. The number of hydrogen-bond acceptors (Lipinski definition) is 2. The Hall–Kier alpha value is -1.58. The van der Waals surface area contributed by atoms with Crippen molar-refractivity contribution in [2.24, 2.45) is 5.41 Å². The van der Waals surface area contributed by atoms with Gasteiger partial charge in [-0.3, -0.25) is 9.59 Å². The number of carbonyl (C=O) groups excluding carboxylic acids is 1. The van der Waals surface area contributed by atoms with Gasteiger partial charge in [0.05, 0.1) is 5.41 Å². The Bertz CT molecular complexity index is 373. The van der Waals surface area contributed by atoms with Crippen LogP contribution in [0.4, 0.5) is 0 Å². The maximum absolute atomic E-state index is 11.7. The fourth-order valence-corrected chi connectivity index (χ4v) is 2.29. The molecule has 4 heteroatoms. The van der Waals surface area contributed by atoms with Gasteiger partial charge in [0.1, 0.15) is 0 Å². The lowest BCUT2D eigenvalue weighted by molar-refractivity contribution is -0.151. The highest BCUT2D eigenvalue weighted by molar-refractivity contribution is 5.88. The van der Waals surface area contributed by atoms with E-state index in [1.165, 1.54) is 6.08 Å². The Morgan fingerprint density at radius 3 is 2.67 bits per heavy atom. The number of carboxylic acid groups (broad SMARTS) is 1. The molecule has 100 valence electrons. The zero-order valence-corrected chi connectivity index (χ0v) is 11.0. The highest BCUT2D eigenvalue weighted by Gasteiger charge is 2.43. The smallest absolute Gasteiger partial charge is 0.311 e. The summed E-state index contributed by atoms with van der Waals surface area (Å²) in [5.41, 5.74) is -0.845. The zero-order valence-electron chi connectivity index (χ0n) is 11.0. The molecule has 0 aromatic heterocycles. The van der Waals surface area contributed by atoms with E-state index in [0.717, 1.165) is 19.3 Å². The number of rotatable bonds is 4. The van der Waals surface area contributed by atoms with Crippen molar-refractivity contribution >= 4 is 11.9 Å². The number of amides is 1. The van der Waals surface area contributed by atoms with Crippen molar-refractivity contribution in [2.45, 2.75) is 45.6 Å². The van der Waals surface area contributed by atoms with Crippen LogP contribution in [-0.4, -0.2) is 23.0 Å². The van der Waals surface area contributed by atoms with Gasteiger partial charge < -0.3 is 10.4 Å². The molecule has 18 heavy (non-hydrogen) atoms. The molecule has 0 heterocycles. The first-order valence-electron chi connectivity index (χ1n) is 6.34. The van der Waals surface area contributed by atoms with Crippen LogP contribution in [-0.2, 0) is 9.59 Å². The van der Waals surface area contributed by atoms with E-state index in [9.17, 15) is 14.7 Å². The van der Waals surface area contributed by atoms with Gasteiger partial charge in [0.25, 0.3) is 0 Å². The lowest BCUT2D eigenvalue weighted by atomic mass is 9.71. The Morgan fingerprint density at radius 1 is 1.33 bits per heavy atom. The highest BCUT2D eigenvalue weighted by atomic mass is 16.4. The standard InChI is InChI=1S/C14H21NO3/c1-3-4-5-9-12(16)15-11-8-6-7-10-14(11,2)13(17)18/h3-5,9,11H,6-8,10H2,1-2H3,(H,15,16)(H,17,18). The van der Waals surface area contributed by atoms with Gasteiger partial charge in [-0.05, 0) is 26.7 Å². The molecule has 0 saturated heterocycles. The normalized spacial score (nSPS) is 28.7. The first-order valence-corrected chi connectivity index (χ1v) is 6.34. The van der Waals surface area contributed by atoms with Crippen LogP contribution in [0.15, 0.2) is 24.3 Å². The molecule has 1 fully saturated rings. The Labute approximate surface area is 108 Å². The minimum Gasteiger partial charge on any atom is -0.481 e. The Kier molecular flexibility index (Phi) is 5.13. The first kappa shape index (κ1) is 14.5. The molecule has 0 aromatic rings. The lowest BCUT2D eigenvalue weighted by Gasteiger charge is -2.38. The SMILES string of the molecule is CC=CC=CC(=O)NC1CCCCC1(C)C(=O)O. The monoisotopic (exact) mass is 251 g/mol. The average molecular weight is 251 g/mol. The fraction of sp³-hybridized carbons (Fsp3) is 0.571. The van der Waals surface area contributed by atoms with Crippen molar-refractivity contribution in [1.29, 1.82) is 0 Å². The molecular weight excluding hydrogens is 230 g/mol. The molecule has 1 aliphatic rings. The number of carbonyl (C=O) groups is 2. The fourth-order valence-electron chi connectivity index (χ4n) is 2.29. The maximum atomic E-state index is 11.7. The van der Waals surface area contributed by atoms with Gasteiger partial charge in [-0.1, -0.05) is 31.1 Å². The summed E-state index contributed by atoms with van der Waals surface area (Å²) in [5.74, 6) is -1.06. The second kappa shape index (κ2) is 6.38. The zero-order chi connectivity index (χ0) is 13.6. The number of hydrogen-bond donors (Lipinski definition) is 2. The summed E-state index contributed by atoms with van der Waals surface area (Å²) in [7, 11) is 0. The van der Waals surface area contributed by atoms with E-state index in [1.807, 2.05) is 13.0 Å². The molecule has 0 aromatic carbocycles. The van der Waals surface area contributed by atoms with Crippen LogP contribution in [0.5, 0.6) is 0 Å². The summed E-state index contributed by atoms with van der Waals surface area (Å²) in [6.45, 7) is 3.58. The quantitative estimate of drug-likeness (QED) is 0.595. The minimum absolute atomic E-state index is 0.229. The third kappa shape index (κ3) is 3.45. The van der Waals surface area contributed by atoms with E-state index in [1.54, 1.807) is 19.1 Å². The summed E-state index contributed by atoms with van der Waals surface area (Å²) < 4.78 is 0. The summed E-state index contributed by atoms with van der Waals surface area (Å²) in [6.07, 6.45) is 9.88. The maximum Gasteiger partial charge on any atom is 0.311 e. The van der Waals surface area contributed by atoms with Crippen LogP contribution in [0, 0.1) is 5.41 Å². The predicted molar refractivity (Wildman–Crippen MR) is 70.1 cm³/mol. The van der Waals surface area contributed by atoms with Gasteiger partial charge in [-0.2, -0.15) is 0 Å². The van der Waals surface area contributed by atoms with E-state index in [-0.39, 0.29) is 11.9 Å². The summed E-state index contributed by atoms with van der Waals surface area (Å²) in [6, 6.07) is -0.286. The van der Waals surface area contributed by atoms with Gasteiger partial charge in [0.2, 0.25) is 5.91 Å². The number of nitrogens with one attached hydrogen (secondary N) is 1. The third-order valence-corrected chi connectivity index (χ3v) is 3.56. The van der Waals surface area contributed by atoms with Crippen molar-refractivity contribution in [3.05, 3.63) is 24.3 Å². The molecule has 0 bridgehead atoms. The van der Waals surface area contributed by atoms with Crippen molar-refractivity contribution in [3.8, 4) is 0 Å². The van der Waals surface area contributed by atoms with E-state index in [0.29, 0.717) is 6.42 Å². The molecule has 0 radical (unpaired) electrons. The minimum atomic E-state index is -0.845. The van der Waals surface area contributed by atoms with Crippen LogP contribution in [0.1, 0.15) is 39.5 Å². The van der Waals surface area contributed by atoms with E-state index in [4.69, 9.17) is 0 Å². The summed E-state index contributed by atoms with van der Waals surface area (Å²) in [4.78, 5) is 23.0. The predicted octanol–water partition coefficient (Wildman–Crippen LogP) is 2.27. The third-order valence-electron chi connectivity index (χ3n) is 3.56. The lowest BCUT2D eigenvalue weighted by Crippen LogP contribution is -2.51. The second-order valence-corrected chi connectivity index (χ2v) is 4.91. The van der Waals surface area contributed by atoms with E-state index >= 15 is 0 Å². The highest BCUT2D eigenvalue weighted by Crippen LogP contribution is 2.36. The van der Waals surface area contributed by atoms with Gasteiger partial charge in [-0.25, -0.2) is 0 Å². The number of aliphatic carboxylic acids is 1. The molecule has 2 atom stereocenters. The topological polar surface area (TPSA) is 66.4 Å². The molecule has 1 saturated carbocycles. The summed E-state index contributed by atoms with van der Waals surface area (Å²) >= 11 is 0. The largest absolute Gasteiger partial charge is 0.481 e. The molecule has 1 rings (SSSR count). The van der Waals surface area contributed by atoms with Crippen LogP contribution < -0.4 is 5.32 Å². The number of allylic oxidation sites excluding steroid dienone is 3. The molecule has 2 unspecified atom stereocenters. The molecule has 2 N–H and O–H groups in total. The van der Waals surface area contributed by atoms with Crippen molar-refractivity contribution < 1.29 is 14.7 Å². The molecule has 0 aliphatic heterocycles. The molecule has 0 spiro atoms. The van der Waals surface area contributed by atoms with Crippen LogP contribution >= 0.6 is 0 Å². The van der Waals surface area contributed by atoms with Gasteiger partial charge >= 0.3 is 5.97 Å². The molecule has 4 nitrogen and oxygen atoms in total. The first-order chi connectivity index (χ1) is 8.50. The molecule has 1 aliphatic carbocycles. The molecule has 1 amide bonds. The average Bonchev–Trinajstić information content (AvgIpc) is 2.32.